The van der Waals surface area contributed by atoms with Gasteiger partial charge in [-0.2, -0.15) is 0 Å². The van der Waals surface area contributed by atoms with Gasteiger partial charge in [0.25, 0.3) is 5.91 Å². The SMILES string of the molecule is COc1cccc(C2=NC(N)C(=O)N(C)c3ccccc32)c1. The minimum Gasteiger partial charge on any atom is -0.497 e. The number of fused-ring (bicyclic) bond motifs is 1. The van der Waals surface area contributed by atoms with E-state index in [1.165, 1.54) is 0 Å². The molecule has 1 aliphatic heterocycles. The van der Waals surface area contributed by atoms with Crippen molar-refractivity contribution in [2.45, 2.75) is 6.17 Å². The van der Waals surface area contributed by atoms with Crippen LogP contribution in [0.25, 0.3) is 0 Å². The number of para-hydroxylation sites is 1. The van der Waals surface area contributed by atoms with Crippen LogP contribution in [0.2, 0.25) is 0 Å². The van der Waals surface area contributed by atoms with Gasteiger partial charge in [0.15, 0.2) is 6.17 Å². The molecule has 1 unspecified atom stereocenters. The first-order valence-corrected chi connectivity index (χ1v) is 6.96. The second kappa shape index (κ2) is 5.61. The third-order valence-electron chi connectivity index (χ3n) is 3.72. The summed E-state index contributed by atoms with van der Waals surface area (Å²) in [4.78, 5) is 18.3. The molecule has 5 nitrogen and oxygen atoms in total. The maximum atomic E-state index is 12.3. The fourth-order valence-corrected chi connectivity index (χ4v) is 2.55. The Labute approximate surface area is 129 Å². The molecule has 1 atom stereocenters. The number of rotatable bonds is 2. The lowest BCUT2D eigenvalue weighted by atomic mass is 10.00. The number of benzodiazepines with no additional fused rings is 1. The van der Waals surface area contributed by atoms with Crippen molar-refractivity contribution in [3.05, 3.63) is 59.7 Å². The summed E-state index contributed by atoms with van der Waals surface area (Å²) in [6.45, 7) is 0. The molecule has 112 valence electrons. The fraction of sp³-hybridized carbons (Fsp3) is 0.176. The van der Waals surface area contributed by atoms with Crippen LogP contribution in [0, 0.1) is 0 Å². The molecule has 0 aromatic heterocycles. The Morgan fingerprint density at radius 3 is 2.73 bits per heavy atom. The molecule has 0 aliphatic carbocycles. The Kier molecular flexibility index (Phi) is 3.65. The van der Waals surface area contributed by atoms with Crippen LogP contribution in [-0.4, -0.2) is 31.9 Å². The third-order valence-corrected chi connectivity index (χ3v) is 3.72. The largest absolute Gasteiger partial charge is 0.497 e. The zero-order valence-electron chi connectivity index (χ0n) is 12.5. The molecule has 0 saturated heterocycles. The van der Waals surface area contributed by atoms with Gasteiger partial charge in [0, 0.05) is 18.2 Å². The van der Waals surface area contributed by atoms with Gasteiger partial charge in [0.1, 0.15) is 5.75 Å². The van der Waals surface area contributed by atoms with Gasteiger partial charge in [-0.15, -0.1) is 0 Å². The molecule has 0 bridgehead atoms. The molecule has 3 rings (SSSR count). The summed E-state index contributed by atoms with van der Waals surface area (Å²) >= 11 is 0. The van der Waals surface area contributed by atoms with Crippen molar-refractivity contribution in [1.82, 2.24) is 0 Å². The molecule has 2 aromatic carbocycles. The number of carbonyl (C=O) groups excluding carboxylic acids is 1. The zero-order valence-corrected chi connectivity index (χ0v) is 12.5. The van der Waals surface area contributed by atoms with Crippen molar-refractivity contribution in [2.75, 3.05) is 19.1 Å². The summed E-state index contributed by atoms with van der Waals surface area (Å²) in [6, 6.07) is 15.2. The average molecular weight is 295 g/mol. The summed E-state index contributed by atoms with van der Waals surface area (Å²) in [7, 11) is 3.33. The van der Waals surface area contributed by atoms with Crippen LogP contribution < -0.4 is 15.4 Å². The lowest BCUT2D eigenvalue weighted by Crippen LogP contribution is -2.39. The Bertz CT molecular complexity index is 755. The third kappa shape index (κ3) is 2.35. The standard InChI is InChI=1S/C17H17N3O2/c1-20-14-9-4-3-8-13(14)15(19-16(18)17(20)21)11-6-5-7-12(10-11)22-2/h3-10,16H,18H2,1-2H3. The Morgan fingerprint density at radius 1 is 1.18 bits per heavy atom. The number of nitrogens with zero attached hydrogens (tertiary/aromatic N) is 2. The average Bonchev–Trinajstić information content (AvgIpc) is 2.66. The van der Waals surface area contributed by atoms with Gasteiger partial charge in [-0.25, -0.2) is 0 Å². The molecule has 1 aliphatic rings. The van der Waals surface area contributed by atoms with Crippen LogP contribution in [0.15, 0.2) is 53.5 Å². The number of benzene rings is 2. The van der Waals surface area contributed by atoms with E-state index >= 15 is 0 Å². The molecular formula is C17H17N3O2. The Balaban J connectivity index is 2.22. The first-order chi connectivity index (χ1) is 10.6. The number of methoxy groups -OCH3 is 1. The molecule has 2 N–H and O–H groups in total. The topological polar surface area (TPSA) is 67.9 Å². The highest BCUT2D eigenvalue weighted by atomic mass is 16.5. The number of ether oxygens (including phenoxy) is 1. The van der Waals surface area contributed by atoms with Gasteiger partial charge >= 0.3 is 0 Å². The summed E-state index contributed by atoms with van der Waals surface area (Å²) in [5.41, 5.74) is 9.16. The van der Waals surface area contributed by atoms with Crippen molar-refractivity contribution in [2.24, 2.45) is 10.7 Å². The Hall–Kier alpha value is -2.66. The molecular weight excluding hydrogens is 278 g/mol. The summed E-state index contributed by atoms with van der Waals surface area (Å²) in [6.07, 6.45) is -0.918. The van der Waals surface area contributed by atoms with Crippen molar-refractivity contribution in [1.29, 1.82) is 0 Å². The van der Waals surface area contributed by atoms with E-state index in [9.17, 15) is 4.79 Å². The normalized spacial score (nSPS) is 17.6. The predicted octanol–water partition coefficient (Wildman–Crippen LogP) is 1.79. The fourth-order valence-electron chi connectivity index (χ4n) is 2.55. The zero-order chi connectivity index (χ0) is 15.7. The number of aliphatic imine (C=N–C) groups is 1. The van der Waals surface area contributed by atoms with Gasteiger partial charge < -0.3 is 15.4 Å². The molecule has 0 radical (unpaired) electrons. The van der Waals surface area contributed by atoms with E-state index in [0.717, 1.165) is 22.6 Å². The van der Waals surface area contributed by atoms with E-state index in [1.807, 2.05) is 48.5 Å². The minimum absolute atomic E-state index is 0.231. The number of hydrogen-bond donors (Lipinski definition) is 1. The minimum atomic E-state index is -0.918. The highest BCUT2D eigenvalue weighted by Crippen LogP contribution is 2.27. The number of likely N-dealkylation sites (N-methyl/N-ethyl adjacent to an activating group) is 1. The molecule has 5 heteroatoms. The van der Waals surface area contributed by atoms with Crippen molar-refractivity contribution in [3.63, 3.8) is 0 Å². The van der Waals surface area contributed by atoms with Crippen molar-refractivity contribution in [3.8, 4) is 5.75 Å². The van der Waals surface area contributed by atoms with Crippen LogP contribution in [0.1, 0.15) is 11.1 Å². The Morgan fingerprint density at radius 2 is 1.95 bits per heavy atom. The molecule has 1 heterocycles. The van der Waals surface area contributed by atoms with Crippen LogP contribution in [-0.2, 0) is 4.79 Å². The predicted molar refractivity (Wildman–Crippen MR) is 86.5 cm³/mol. The van der Waals surface area contributed by atoms with Crippen LogP contribution >= 0.6 is 0 Å². The molecule has 22 heavy (non-hydrogen) atoms. The second-order valence-corrected chi connectivity index (χ2v) is 5.07. The van der Waals surface area contributed by atoms with Gasteiger partial charge in [0.2, 0.25) is 0 Å². The molecule has 0 fully saturated rings. The number of amides is 1. The first-order valence-electron chi connectivity index (χ1n) is 6.96. The summed E-state index contributed by atoms with van der Waals surface area (Å²) in [5, 5.41) is 0. The molecule has 1 amide bonds. The van der Waals surface area contributed by atoms with Crippen molar-refractivity contribution >= 4 is 17.3 Å². The molecule has 0 spiro atoms. The lowest BCUT2D eigenvalue weighted by molar-refractivity contribution is -0.119. The van der Waals surface area contributed by atoms with Gasteiger partial charge in [0.05, 0.1) is 18.5 Å². The highest BCUT2D eigenvalue weighted by Gasteiger charge is 2.27. The van der Waals surface area contributed by atoms with Gasteiger partial charge in [-0.3, -0.25) is 9.79 Å². The quantitative estimate of drug-likeness (QED) is 0.918. The van der Waals surface area contributed by atoms with Gasteiger partial charge in [-0.1, -0.05) is 30.3 Å². The van der Waals surface area contributed by atoms with E-state index in [-0.39, 0.29) is 5.91 Å². The summed E-state index contributed by atoms with van der Waals surface area (Å²) < 4.78 is 5.27. The number of anilines is 1. The smallest absolute Gasteiger partial charge is 0.266 e. The summed E-state index contributed by atoms with van der Waals surface area (Å²) in [5.74, 6) is 0.500. The monoisotopic (exact) mass is 295 g/mol. The van der Waals surface area contributed by atoms with Crippen LogP contribution in [0.3, 0.4) is 0 Å². The van der Waals surface area contributed by atoms with E-state index in [4.69, 9.17) is 10.5 Å². The molecule has 2 aromatic rings. The maximum absolute atomic E-state index is 12.3. The van der Waals surface area contributed by atoms with Crippen LogP contribution in [0.4, 0.5) is 5.69 Å². The van der Waals surface area contributed by atoms with Crippen molar-refractivity contribution < 1.29 is 9.53 Å². The van der Waals surface area contributed by atoms with Gasteiger partial charge in [-0.05, 0) is 18.2 Å². The van der Waals surface area contributed by atoms with E-state index in [1.54, 1.807) is 19.1 Å². The lowest BCUT2D eigenvalue weighted by Gasteiger charge is -2.18. The number of carbonyl (C=O) groups is 1. The highest BCUT2D eigenvalue weighted by molar-refractivity contribution is 6.20. The second-order valence-electron chi connectivity index (χ2n) is 5.07. The number of nitrogens with two attached hydrogens (primary N) is 1. The maximum Gasteiger partial charge on any atom is 0.266 e. The van der Waals surface area contributed by atoms with E-state index in [0.29, 0.717) is 5.71 Å². The van der Waals surface area contributed by atoms with Crippen LogP contribution in [0.5, 0.6) is 5.75 Å². The number of hydrogen-bond acceptors (Lipinski definition) is 4. The van der Waals surface area contributed by atoms with E-state index < -0.39 is 6.17 Å². The molecule has 0 saturated carbocycles. The van der Waals surface area contributed by atoms with E-state index in [2.05, 4.69) is 4.99 Å². The first kappa shape index (κ1) is 14.3.